The Morgan fingerprint density at radius 2 is 2.23 bits per heavy atom. The summed E-state index contributed by atoms with van der Waals surface area (Å²) in [5.74, 6) is 0. The summed E-state index contributed by atoms with van der Waals surface area (Å²) in [5, 5.41) is 6.42. The number of aromatic nitrogens is 2. The van der Waals surface area contributed by atoms with Crippen molar-refractivity contribution in [1.29, 1.82) is 0 Å². The predicted octanol–water partition coefficient (Wildman–Crippen LogP) is 1.88. The molecule has 0 unspecified atom stereocenters. The standard InChI is InChI=1S/C7H10F3N3/c1-2-11-6-3-12-13(4-6)5-7(8,9)10/h3-4,11H,2,5H2,1H3. The van der Waals surface area contributed by atoms with Crippen LogP contribution in [0.1, 0.15) is 6.92 Å². The lowest BCUT2D eigenvalue weighted by molar-refractivity contribution is -0.142. The van der Waals surface area contributed by atoms with Crippen molar-refractivity contribution in [3.05, 3.63) is 12.4 Å². The smallest absolute Gasteiger partial charge is 0.383 e. The third kappa shape index (κ3) is 3.35. The first-order valence-electron chi connectivity index (χ1n) is 3.84. The maximum absolute atomic E-state index is 11.9. The maximum atomic E-state index is 11.9. The number of rotatable bonds is 3. The van der Waals surface area contributed by atoms with E-state index in [0.29, 0.717) is 12.2 Å². The van der Waals surface area contributed by atoms with Crippen molar-refractivity contribution in [2.45, 2.75) is 19.6 Å². The SMILES string of the molecule is CCNc1cnn(CC(F)(F)F)c1. The summed E-state index contributed by atoms with van der Waals surface area (Å²) in [7, 11) is 0. The minimum atomic E-state index is -4.21. The van der Waals surface area contributed by atoms with Gasteiger partial charge in [0.25, 0.3) is 0 Å². The summed E-state index contributed by atoms with van der Waals surface area (Å²) in [6.07, 6.45) is -1.51. The molecule has 0 aliphatic carbocycles. The Hall–Kier alpha value is -1.20. The van der Waals surface area contributed by atoms with Gasteiger partial charge in [0.2, 0.25) is 0 Å². The summed E-state index contributed by atoms with van der Waals surface area (Å²) in [6, 6.07) is 0. The molecule has 74 valence electrons. The molecule has 1 N–H and O–H groups in total. The third-order valence-electron chi connectivity index (χ3n) is 1.36. The van der Waals surface area contributed by atoms with Crippen LogP contribution >= 0.6 is 0 Å². The quantitative estimate of drug-likeness (QED) is 0.794. The molecule has 1 heterocycles. The average molecular weight is 193 g/mol. The molecule has 0 radical (unpaired) electrons. The fourth-order valence-electron chi connectivity index (χ4n) is 0.929. The van der Waals surface area contributed by atoms with E-state index >= 15 is 0 Å². The van der Waals surface area contributed by atoms with Gasteiger partial charge in [0.1, 0.15) is 6.54 Å². The molecule has 0 bridgehead atoms. The second-order valence-corrected chi connectivity index (χ2v) is 2.57. The van der Waals surface area contributed by atoms with Crippen molar-refractivity contribution < 1.29 is 13.2 Å². The Balaban J connectivity index is 2.59. The molecule has 1 aromatic heterocycles. The van der Waals surface area contributed by atoms with Gasteiger partial charge in [0.15, 0.2) is 0 Å². The summed E-state index contributed by atoms with van der Waals surface area (Å²) < 4.78 is 36.4. The van der Waals surface area contributed by atoms with Crippen molar-refractivity contribution in [2.24, 2.45) is 0 Å². The van der Waals surface area contributed by atoms with Crippen molar-refractivity contribution in [2.75, 3.05) is 11.9 Å². The molecule has 0 spiro atoms. The molecule has 3 nitrogen and oxygen atoms in total. The highest BCUT2D eigenvalue weighted by atomic mass is 19.4. The second-order valence-electron chi connectivity index (χ2n) is 2.57. The molecule has 0 aromatic carbocycles. The molecular weight excluding hydrogens is 183 g/mol. The Labute approximate surface area is 73.5 Å². The van der Waals surface area contributed by atoms with E-state index in [9.17, 15) is 13.2 Å². The maximum Gasteiger partial charge on any atom is 0.408 e. The summed E-state index contributed by atoms with van der Waals surface area (Å²) in [4.78, 5) is 0. The molecule has 1 rings (SSSR count). The van der Waals surface area contributed by atoms with E-state index < -0.39 is 12.7 Å². The molecule has 1 aromatic rings. The minimum Gasteiger partial charge on any atom is -0.383 e. The van der Waals surface area contributed by atoms with E-state index in [2.05, 4.69) is 10.4 Å². The first kappa shape index (κ1) is 9.88. The normalized spacial score (nSPS) is 11.7. The van der Waals surface area contributed by atoms with Crippen LogP contribution in [0, 0.1) is 0 Å². The minimum absolute atomic E-state index is 0.603. The van der Waals surface area contributed by atoms with Gasteiger partial charge in [-0.25, -0.2) is 0 Å². The first-order valence-corrected chi connectivity index (χ1v) is 3.84. The Bertz CT molecular complexity index is 266. The topological polar surface area (TPSA) is 29.9 Å². The number of anilines is 1. The number of halogens is 3. The first-order chi connectivity index (χ1) is 6.01. The highest BCUT2D eigenvalue weighted by molar-refractivity contribution is 5.37. The van der Waals surface area contributed by atoms with E-state index in [1.54, 1.807) is 0 Å². The zero-order chi connectivity index (χ0) is 9.90. The van der Waals surface area contributed by atoms with Gasteiger partial charge in [-0.2, -0.15) is 18.3 Å². The van der Waals surface area contributed by atoms with Gasteiger partial charge >= 0.3 is 6.18 Å². The lowest BCUT2D eigenvalue weighted by Crippen LogP contribution is -2.17. The molecule has 0 atom stereocenters. The lowest BCUT2D eigenvalue weighted by Gasteiger charge is -2.04. The number of hydrogen-bond donors (Lipinski definition) is 1. The van der Waals surface area contributed by atoms with Crippen LogP contribution in [0.2, 0.25) is 0 Å². The summed E-state index contributed by atoms with van der Waals surface area (Å²) >= 11 is 0. The zero-order valence-corrected chi connectivity index (χ0v) is 7.10. The van der Waals surface area contributed by atoms with Crippen LogP contribution in [-0.2, 0) is 6.54 Å². The fourth-order valence-corrected chi connectivity index (χ4v) is 0.929. The van der Waals surface area contributed by atoms with Gasteiger partial charge in [-0.15, -0.1) is 0 Å². The third-order valence-corrected chi connectivity index (χ3v) is 1.36. The Morgan fingerprint density at radius 3 is 2.77 bits per heavy atom. The van der Waals surface area contributed by atoms with Crippen molar-refractivity contribution in [3.63, 3.8) is 0 Å². The fraction of sp³-hybridized carbons (Fsp3) is 0.571. The number of alkyl halides is 3. The zero-order valence-electron chi connectivity index (χ0n) is 7.10. The lowest BCUT2D eigenvalue weighted by atomic mass is 10.5. The van der Waals surface area contributed by atoms with Gasteiger partial charge in [-0.3, -0.25) is 4.68 Å². The largest absolute Gasteiger partial charge is 0.408 e. The van der Waals surface area contributed by atoms with Crippen molar-refractivity contribution >= 4 is 5.69 Å². The molecule has 0 saturated heterocycles. The van der Waals surface area contributed by atoms with Gasteiger partial charge < -0.3 is 5.32 Å². The van der Waals surface area contributed by atoms with Crippen LogP contribution in [0.15, 0.2) is 12.4 Å². The van der Waals surface area contributed by atoms with E-state index in [4.69, 9.17) is 0 Å². The Kier molecular flexibility index (Phi) is 2.79. The van der Waals surface area contributed by atoms with Gasteiger partial charge in [0, 0.05) is 12.7 Å². The molecule has 6 heteroatoms. The van der Waals surface area contributed by atoms with Crippen LogP contribution in [0.25, 0.3) is 0 Å². The van der Waals surface area contributed by atoms with E-state index in [-0.39, 0.29) is 0 Å². The van der Waals surface area contributed by atoms with Gasteiger partial charge in [0.05, 0.1) is 11.9 Å². The van der Waals surface area contributed by atoms with Gasteiger partial charge in [-0.05, 0) is 6.92 Å². The highest BCUT2D eigenvalue weighted by Crippen LogP contribution is 2.17. The van der Waals surface area contributed by atoms with E-state index in [0.717, 1.165) is 4.68 Å². The number of nitrogens with one attached hydrogen (secondary N) is 1. The molecule has 0 aliphatic heterocycles. The van der Waals surface area contributed by atoms with Crippen molar-refractivity contribution in [1.82, 2.24) is 9.78 Å². The second kappa shape index (κ2) is 3.68. The monoisotopic (exact) mass is 193 g/mol. The predicted molar refractivity (Wildman–Crippen MR) is 42.4 cm³/mol. The van der Waals surface area contributed by atoms with E-state index in [1.807, 2.05) is 6.92 Å². The molecule has 0 amide bonds. The Morgan fingerprint density at radius 1 is 1.54 bits per heavy atom. The molecule has 0 aliphatic rings. The number of nitrogens with zero attached hydrogens (tertiary/aromatic N) is 2. The average Bonchev–Trinajstić information content (AvgIpc) is 2.33. The van der Waals surface area contributed by atoms with Crippen LogP contribution in [0.3, 0.4) is 0 Å². The van der Waals surface area contributed by atoms with Crippen LogP contribution in [0.5, 0.6) is 0 Å². The molecular formula is C7H10F3N3. The molecule has 0 fully saturated rings. The summed E-state index contributed by atoms with van der Waals surface area (Å²) in [5.41, 5.74) is 0.603. The van der Waals surface area contributed by atoms with Crippen LogP contribution in [-0.4, -0.2) is 22.5 Å². The van der Waals surface area contributed by atoms with Gasteiger partial charge in [-0.1, -0.05) is 0 Å². The van der Waals surface area contributed by atoms with Crippen LogP contribution < -0.4 is 5.32 Å². The molecule has 13 heavy (non-hydrogen) atoms. The highest BCUT2D eigenvalue weighted by Gasteiger charge is 2.28. The van der Waals surface area contributed by atoms with E-state index in [1.165, 1.54) is 12.4 Å². The van der Waals surface area contributed by atoms with Crippen molar-refractivity contribution in [3.8, 4) is 0 Å². The molecule has 0 saturated carbocycles. The number of hydrogen-bond acceptors (Lipinski definition) is 2. The summed E-state index contributed by atoms with van der Waals surface area (Å²) in [6.45, 7) is 1.48. The van der Waals surface area contributed by atoms with Crippen LogP contribution in [0.4, 0.5) is 18.9 Å².